The van der Waals surface area contributed by atoms with Crippen LogP contribution in [0.4, 0.5) is 10.1 Å². The summed E-state index contributed by atoms with van der Waals surface area (Å²) in [6.45, 7) is -0.0131. The van der Waals surface area contributed by atoms with Crippen molar-refractivity contribution in [2.24, 2.45) is 16.5 Å². The molecule has 1 saturated heterocycles. The molecule has 25 heteroatoms. The summed E-state index contributed by atoms with van der Waals surface area (Å²) in [5.41, 5.74) is 15.0. The van der Waals surface area contributed by atoms with Gasteiger partial charge in [-0.05, 0) is 86.1 Å². The highest BCUT2D eigenvalue weighted by atomic mass is 32.2. The molecule has 75 heavy (non-hydrogen) atoms. The predicted molar refractivity (Wildman–Crippen MR) is 273 cm³/mol. The number of H-pyrrole nitrogens is 1. The Morgan fingerprint density at radius 3 is 2.29 bits per heavy atom. The van der Waals surface area contributed by atoms with E-state index in [0.717, 1.165) is 33.9 Å². The molecule has 0 radical (unpaired) electrons. The molecule has 1 unspecified atom stereocenters. The highest BCUT2D eigenvalue weighted by Gasteiger charge is 2.42. The van der Waals surface area contributed by atoms with Crippen molar-refractivity contribution in [2.75, 3.05) is 49.6 Å². The fourth-order valence-corrected chi connectivity index (χ4v) is 9.79. The number of aliphatic carboxylic acids is 1. The van der Waals surface area contributed by atoms with Crippen molar-refractivity contribution in [3.8, 4) is 5.75 Å². The molecule has 12 N–H and O–H groups in total. The van der Waals surface area contributed by atoms with Crippen LogP contribution in [0.2, 0.25) is 0 Å². The number of nitrogens with zero attached hydrogens (tertiary/aromatic N) is 3. The third-order valence-electron chi connectivity index (χ3n) is 12.8. The first kappa shape index (κ1) is 54.6. The van der Waals surface area contributed by atoms with Gasteiger partial charge in [0.1, 0.15) is 41.9 Å². The molecule has 398 valence electrons. The number of unbranched alkanes of at least 4 members (excludes halogenated alkanes) is 1. The van der Waals surface area contributed by atoms with Crippen LogP contribution in [0.5, 0.6) is 5.75 Å². The van der Waals surface area contributed by atoms with Crippen LogP contribution in [0, 0.1) is 5.82 Å². The van der Waals surface area contributed by atoms with Crippen molar-refractivity contribution in [1.29, 1.82) is 0 Å². The second-order valence-electron chi connectivity index (χ2n) is 18.2. The van der Waals surface area contributed by atoms with Gasteiger partial charge < -0.3 is 68.0 Å². The van der Waals surface area contributed by atoms with Crippen molar-refractivity contribution in [3.63, 3.8) is 0 Å². The Labute approximate surface area is 433 Å². The second kappa shape index (κ2) is 25.1. The summed E-state index contributed by atoms with van der Waals surface area (Å²) in [7, 11) is 1.85. The molecule has 7 amide bonds. The van der Waals surface area contributed by atoms with E-state index < -0.39 is 90.6 Å². The molecule has 23 nitrogen and oxygen atoms in total. The van der Waals surface area contributed by atoms with Crippen LogP contribution in [0.25, 0.3) is 10.9 Å². The first-order valence-electron chi connectivity index (χ1n) is 24.3. The van der Waals surface area contributed by atoms with Crippen LogP contribution in [0.3, 0.4) is 0 Å². The molecule has 7 rings (SSSR count). The average molecular weight is 1060 g/mol. The van der Waals surface area contributed by atoms with Crippen molar-refractivity contribution >= 4 is 87.6 Å². The zero-order chi connectivity index (χ0) is 53.8. The van der Waals surface area contributed by atoms with Gasteiger partial charge in [-0.3, -0.25) is 48.1 Å². The summed E-state index contributed by atoms with van der Waals surface area (Å²) < 4.78 is 19.7. The van der Waals surface area contributed by atoms with E-state index in [1.54, 1.807) is 59.5 Å². The number of guanidine groups is 1. The fourth-order valence-electron chi connectivity index (χ4n) is 9.18. The van der Waals surface area contributed by atoms with Crippen LogP contribution in [0.15, 0.2) is 71.7 Å². The Morgan fingerprint density at radius 1 is 0.840 bits per heavy atom. The number of carbonyl (C=O) groups excluding carboxylic acids is 8. The largest absolute Gasteiger partial charge is 0.481 e. The lowest BCUT2D eigenvalue weighted by Gasteiger charge is -2.46. The van der Waals surface area contributed by atoms with Crippen molar-refractivity contribution in [1.82, 2.24) is 41.8 Å². The Balaban J connectivity index is 0.935. The lowest BCUT2D eigenvalue weighted by Crippen LogP contribution is -2.58. The number of aliphatic imine (C=N–C) groups is 1. The number of carboxylic acid groups (broad SMARTS) is 1. The Kier molecular flexibility index (Phi) is 18.3. The molecule has 1 fully saturated rings. The van der Waals surface area contributed by atoms with Gasteiger partial charge >= 0.3 is 11.9 Å². The van der Waals surface area contributed by atoms with Crippen LogP contribution >= 0.6 is 11.8 Å². The van der Waals surface area contributed by atoms with E-state index in [1.165, 1.54) is 12.1 Å². The third kappa shape index (κ3) is 14.3. The molecule has 1 aromatic heterocycles. The average Bonchev–Trinajstić information content (AvgIpc) is 3.77. The maximum Gasteiger partial charge on any atom is 0.321 e. The van der Waals surface area contributed by atoms with Crippen molar-refractivity contribution in [3.05, 3.63) is 94.9 Å². The molecule has 4 aromatic rings. The highest BCUT2D eigenvalue weighted by Crippen LogP contribution is 2.43. The topological polar surface area (TPSA) is 342 Å². The number of aromatic amines is 1. The summed E-state index contributed by atoms with van der Waals surface area (Å²) in [5, 5.41) is 25.7. The van der Waals surface area contributed by atoms with E-state index in [1.807, 2.05) is 11.9 Å². The number of anilines is 1. The minimum absolute atomic E-state index is 0.00656. The Morgan fingerprint density at radius 2 is 1.55 bits per heavy atom. The number of ether oxygens (including phenoxy) is 1. The number of hydrogen-bond donors (Lipinski definition) is 10. The van der Waals surface area contributed by atoms with Crippen LogP contribution in [0.1, 0.15) is 71.9 Å². The quantitative estimate of drug-likeness (QED) is 0.0210. The maximum absolute atomic E-state index is 14.1. The Hall–Kier alpha value is -8.22. The van der Waals surface area contributed by atoms with Crippen LogP contribution in [-0.2, 0) is 51.2 Å². The second-order valence-corrected chi connectivity index (χ2v) is 19.2. The number of hydrogen-bond acceptors (Lipinski definition) is 13. The lowest BCUT2D eigenvalue weighted by molar-refractivity contribution is -0.141. The minimum atomic E-state index is -1.63. The third-order valence-corrected chi connectivity index (χ3v) is 13.7. The molecule has 0 bridgehead atoms. The first-order valence-corrected chi connectivity index (χ1v) is 25.4. The Bertz CT molecular complexity index is 2860. The smallest absolute Gasteiger partial charge is 0.321 e. The van der Waals surface area contributed by atoms with Crippen LogP contribution < -0.4 is 53.0 Å². The summed E-state index contributed by atoms with van der Waals surface area (Å²) in [4.78, 5) is 130. The minimum Gasteiger partial charge on any atom is -0.481 e. The van der Waals surface area contributed by atoms with Crippen LogP contribution in [-0.4, -0.2) is 143 Å². The summed E-state index contributed by atoms with van der Waals surface area (Å²) in [5.74, 6) is -7.44. The van der Waals surface area contributed by atoms with Gasteiger partial charge in [0.05, 0.1) is 41.4 Å². The predicted octanol–water partition coefficient (Wildman–Crippen LogP) is 0.219. The number of halogens is 1. The zero-order valence-electron chi connectivity index (χ0n) is 40.9. The zero-order valence-corrected chi connectivity index (χ0v) is 41.8. The maximum atomic E-state index is 14.1. The number of nitrogens with one attached hydrogen (secondary N) is 7. The number of carboxylic acids is 1. The van der Waals surface area contributed by atoms with E-state index in [-0.39, 0.29) is 74.5 Å². The normalized spacial score (nSPS) is 20.1. The number of benzene rings is 3. The number of rotatable bonds is 18. The molecule has 3 aliphatic heterocycles. The molecular formula is C50H59FN12O11S. The van der Waals surface area contributed by atoms with Crippen molar-refractivity contribution in [2.45, 2.75) is 81.7 Å². The highest BCUT2D eigenvalue weighted by molar-refractivity contribution is 8.00. The van der Waals surface area contributed by atoms with Gasteiger partial charge in [-0.1, -0.05) is 30.3 Å². The van der Waals surface area contributed by atoms with E-state index in [9.17, 15) is 52.6 Å². The number of amides is 7. The monoisotopic (exact) mass is 1050 g/mol. The van der Waals surface area contributed by atoms with Gasteiger partial charge in [0.2, 0.25) is 35.4 Å². The van der Waals surface area contributed by atoms with Gasteiger partial charge in [0.25, 0.3) is 5.91 Å². The number of aromatic nitrogens is 1. The van der Waals surface area contributed by atoms with Gasteiger partial charge in [-0.25, -0.2) is 4.39 Å². The van der Waals surface area contributed by atoms with Gasteiger partial charge in [-0.2, -0.15) is 0 Å². The molecule has 5 atom stereocenters. The van der Waals surface area contributed by atoms with Gasteiger partial charge in [-0.15, -0.1) is 11.8 Å². The SMILES string of the molecule is CN1c2ccc(F)cc2C(=O)N2CCc3c([nH]c4ccc(OC(=O)CSCC(=O)NCCCC[C@@H]5NC(=O)[C@H](Cc6ccccc6)NC(=O)[C@H](CC(=O)O)NC(=O)CNC(=O)[C@H](CCCN=C(N)N)NC5=O)cc34)C21. The van der Waals surface area contributed by atoms with E-state index in [4.69, 9.17) is 16.2 Å². The molecule has 0 spiro atoms. The fraction of sp³-hybridized carbons (Fsp3) is 0.400. The number of fused-ring (bicyclic) bond motifs is 6. The van der Waals surface area contributed by atoms with E-state index in [2.05, 4.69) is 41.9 Å². The molecule has 4 heterocycles. The number of carbonyl (C=O) groups is 9. The summed E-state index contributed by atoms with van der Waals surface area (Å²) >= 11 is 1.05. The molecule has 3 aromatic carbocycles. The first-order chi connectivity index (χ1) is 35.9. The number of thioether (sulfide) groups is 1. The van der Waals surface area contributed by atoms with E-state index in [0.29, 0.717) is 42.0 Å². The molecule has 0 saturated carbocycles. The lowest BCUT2D eigenvalue weighted by atomic mass is 9.96. The number of nitrogens with two attached hydrogens (primary N) is 2. The summed E-state index contributed by atoms with van der Waals surface area (Å²) in [6.07, 6.45) is -0.00692. The van der Waals surface area contributed by atoms with Gasteiger partial charge in [0.15, 0.2) is 5.96 Å². The summed E-state index contributed by atoms with van der Waals surface area (Å²) in [6, 6.07) is 12.5. The molecular weight excluding hydrogens is 996 g/mol. The van der Waals surface area contributed by atoms with E-state index >= 15 is 0 Å². The molecule has 0 aliphatic carbocycles. The standard InChI is InChI=1S/C50H59FN12O11S/c1-62-38-15-12-28(51)21-32(38)49(73)63-19-16-30-31-22-29(13-14-33(31)58-43(30)48(62)63)74-42(68)26-75-25-40(65)54-17-6-5-10-35-45(70)59-34(11-7-18-55-50(52)53)44(69)56-24-39(64)57-37(23-41(66)67)47(72)61-36(46(71)60-35)20-27-8-3-2-4-9-27/h2-4,8-9,12-15,21-22,34-37,48,58H,5-7,10-11,16-20,23-26H2,1H3,(H,54,65)(H,56,69)(H,57,64)(H,59,70)(H,60,71)(H,61,72)(H,66,67)(H4,52,53,55)/t34-,35-,36-,37-,48?/m0/s1. The number of esters is 1. The van der Waals surface area contributed by atoms with Crippen molar-refractivity contribution < 1.29 is 57.4 Å². The molecule has 3 aliphatic rings. The van der Waals surface area contributed by atoms with Gasteiger partial charge in [0, 0.05) is 44.0 Å².